The van der Waals surface area contributed by atoms with Crippen LogP contribution in [0.3, 0.4) is 0 Å². The summed E-state index contributed by atoms with van der Waals surface area (Å²) in [6.07, 6.45) is 4.64. The summed E-state index contributed by atoms with van der Waals surface area (Å²) in [4.78, 5) is 0. The predicted molar refractivity (Wildman–Crippen MR) is 63.9 cm³/mol. The van der Waals surface area contributed by atoms with Gasteiger partial charge in [0.25, 0.3) is 0 Å². The molecule has 1 nitrogen and oxygen atoms in total. The van der Waals surface area contributed by atoms with Crippen LogP contribution in [-0.4, -0.2) is 11.7 Å². The minimum Gasteiger partial charge on any atom is -0.392 e. The highest BCUT2D eigenvalue weighted by Crippen LogP contribution is 2.15. The van der Waals surface area contributed by atoms with Crippen molar-refractivity contribution in [3.63, 3.8) is 0 Å². The van der Waals surface area contributed by atoms with Crippen LogP contribution in [0, 0.1) is 0 Å². The van der Waals surface area contributed by atoms with E-state index in [1.165, 1.54) is 16.3 Å². The first-order valence-corrected chi connectivity index (χ1v) is 5.13. The van der Waals surface area contributed by atoms with Crippen LogP contribution >= 0.6 is 0 Å². The van der Waals surface area contributed by atoms with Crippen molar-refractivity contribution in [2.75, 3.05) is 6.61 Å². The lowest BCUT2D eigenvalue weighted by Crippen LogP contribution is -1.82. The van der Waals surface area contributed by atoms with Gasteiger partial charge in [-0.1, -0.05) is 54.6 Å². The van der Waals surface area contributed by atoms with E-state index in [1.54, 1.807) is 6.08 Å². The van der Waals surface area contributed by atoms with Crippen molar-refractivity contribution < 1.29 is 5.11 Å². The molecule has 2 rings (SSSR count). The zero-order chi connectivity index (χ0) is 10.5. The van der Waals surface area contributed by atoms with Crippen molar-refractivity contribution in [2.24, 2.45) is 0 Å². The maximum absolute atomic E-state index is 8.63. The SMILES string of the molecule is OC/C=C/Cc1ccc2ccccc2c1. The van der Waals surface area contributed by atoms with Crippen molar-refractivity contribution in [1.82, 2.24) is 0 Å². The van der Waals surface area contributed by atoms with Crippen LogP contribution in [0.4, 0.5) is 0 Å². The summed E-state index contributed by atoms with van der Waals surface area (Å²) >= 11 is 0. The average Bonchev–Trinajstić information content (AvgIpc) is 2.29. The fraction of sp³-hybridized carbons (Fsp3) is 0.143. The van der Waals surface area contributed by atoms with E-state index in [0.717, 1.165) is 6.42 Å². The molecule has 0 aromatic heterocycles. The fourth-order valence-electron chi connectivity index (χ4n) is 1.66. The van der Waals surface area contributed by atoms with Crippen LogP contribution in [0.1, 0.15) is 5.56 Å². The Balaban J connectivity index is 2.26. The quantitative estimate of drug-likeness (QED) is 0.752. The van der Waals surface area contributed by atoms with E-state index in [0.29, 0.717) is 0 Å². The molecule has 1 N–H and O–H groups in total. The van der Waals surface area contributed by atoms with Gasteiger partial charge in [0.15, 0.2) is 0 Å². The van der Waals surface area contributed by atoms with Crippen LogP contribution in [0.2, 0.25) is 0 Å². The van der Waals surface area contributed by atoms with Crippen molar-refractivity contribution in [3.05, 3.63) is 60.2 Å². The van der Waals surface area contributed by atoms with Gasteiger partial charge in [0.2, 0.25) is 0 Å². The molecular weight excluding hydrogens is 184 g/mol. The van der Waals surface area contributed by atoms with Gasteiger partial charge in [-0.25, -0.2) is 0 Å². The molecule has 2 aromatic carbocycles. The Kier molecular flexibility index (Phi) is 3.15. The van der Waals surface area contributed by atoms with Gasteiger partial charge in [-0.3, -0.25) is 0 Å². The molecule has 0 aliphatic heterocycles. The summed E-state index contributed by atoms with van der Waals surface area (Å²) in [6, 6.07) is 14.8. The third-order valence-corrected chi connectivity index (χ3v) is 2.44. The van der Waals surface area contributed by atoms with E-state index in [1.807, 2.05) is 12.1 Å². The summed E-state index contributed by atoms with van der Waals surface area (Å²) < 4.78 is 0. The van der Waals surface area contributed by atoms with Gasteiger partial charge in [0, 0.05) is 0 Å². The number of hydrogen-bond donors (Lipinski definition) is 1. The maximum atomic E-state index is 8.63. The van der Waals surface area contributed by atoms with Gasteiger partial charge in [-0.05, 0) is 22.8 Å². The van der Waals surface area contributed by atoms with Crippen molar-refractivity contribution >= 4 is 10.8 Å². The van der Waals surface area contributed by atoms with Crippen LogP contribution < -0.4 is 0 Å². The molecule has 0 unspecified atom stereocenters. The molecule has 0 saturated carbocycles. The second-order valence-corrected chi connectivity index (χ2v) is 3.54. The van der Waals surface area contributed by atoms with E-state index < -0.39 is 0 Å². The normalized spacial score (nSPS) is 11.3. The Morgan fingerprint density at radius 2 is 1.73 bits per heavy atom. The highest BCUT2D eigenvalue weighted by atomic mass is 16.2. The van der Waals surface area contributed by atoms with Gasteiger partial charge >= 0.3 is 0 Å². The molecule has 2 aromatic rings. The first-order valence-electron chi connectivity index (χ1n) is 5.13. The summed E-state index contributed by atoms with van der Waals surface area (Å²) in [5.74, 6) is 0. The number of fused-ring (bicyclic) bond motifs is 1. The first kappa shape index (κ1) is 9.94. The van der Waals surface area contributed by atoms with Crippen LogP contribution in [-0.2, 0) is 6.42 Å². The van der Waals surface area contributed by atoms with Crippen LogP contribution in [0.5, 0.6) is 0 Å². The summed E-state index contributed by atoms with van der Waals surface area (Å²) in [6.45, 7) is 0.119. The van der Waals surface area contributed by atoms with Gasteiger partial charge in [-0.2, -0.15) is 0 Å². The van der Waals surface area contributed by atoms with E-state index in [-0.39, 0.29) is 6.61 Å². The Morgan fingerprint density at radius 1 is 0.933 bits per heavy atom. The molecule has 76 valence electrons. The Bertz CT molecular complexity index is 471. The molecule has 0 atom stereocenters. The lowest BCUT2D eigenvalue weighted by molar-refractivity contribution is 0.342. The number of hydrogen-bond acceptors (Lipinski definition) is 1. The van der Waals surface area contributed by atoms with Crippen molar-refractivity contribution in [2.45, 2.75) is 6.42 Å². The van der Waals surface area contributed by atoms with E-state index in [4.69, 9.17) is 5.11 Å². The minimum absolute atomic E-state index is 0.119. The second kappa shape index (κ2) is 4.76. The molecule has 0 radical (unpaired) electrons. The Labute approximate surface area is 89.7 Å². The smallest absolute Gasteiger partial charge is 0.0612 e. The Hall–Kier alpha value is -1.60. The summed E-state index contributed by atoms with van der Waals surface area (Å²) in [5.41, 5.74) is 1.28. The van der Waals surface area contributed by atoms with Gasteiger partial charge in [-0.15, -0.1) is 0 Å². The van der Waals surface area contributed by atoms with Crippen LogP contribution in [0.25, 0.3) is 10.8 Å². The van der Waals surface area contributed by atoms with E-state index in [9.17, 15) is 0 Å². The number of aliphatic hydroxyl groups is 1. The lowest BCUT2D eigenvalue weighted by atomic mass is 10.1. The molecule has 0 aliphatic carbocycles. The molecule has 15 heavy (non-hydrogen) atoms. The molecule has 0 aliphatic rings. The summed E-state index contributed by atoms with van der Waals surface area (Å²) in [5, 5.41) is 11.2. The Morgan fingerprint density at radius 3 is 2.53 bits per heavy atom. The lowest BCUT2D eigenvalue weighted by Gasteiger charge is -2.00. The molecular formula is C14H14O. The zero-order valence-corrected chi connectivity index (χ0v) is 8.56. The third kappa shape index (κ3) is 2.45. The minimum atomic E-state index is 0.119. The number of rotatable bonds is 3. The second-order valence-electron chi connectivity index (χ2n) is 3.54. The molecule has 0 fully saturated rings. The van der Waals surface area contributed by atoms with Crippen molar-refractivity contribution in [3.8, 4) is 0 Å². The van der Waals surface area contributed by atoms with Crippen molar-refractivity contribution in [1.29, 1.82) is 0 Å². The molecule has 0 spiro atoms. The van der Waals surface area contributed by atoms with Crippen LogP contribution in [0.15, 0.2) is 54.6 Å². The molecule has 1 heteroatoms. The average molecular weight is 198 g/mol. The summed E-state index contributed by atoms with van der Waals surface area (Å²) in [7, 11) is 0. The molecule has 0 amide bonds. The molecule has 0 heterocycles. The van der Waals surface area contributed by atoms with E-state index >= 15 is 0 Å². The highest BCUT2D eigenvalue weighted by molar-refractivity contribution is 5.83. The number of aliphatic hydroxyl groups excluding tert-OH is 1. The standard InChI is InChI=1S/C14H14O/c15-10-4-3-5-12-8-9-13-6-1-2-7-14(13)11-12/h1-4,6-9,11,15H,5,10H2/b4-3+. The van der Waals surface area contributed by atoms with Gasteiger partial charge in [0.05, 0.1) is 6.61 Å². The van der Waals surface area contributed by atoms with Gasteiger partial charge < -0.3 is 5.11 Å². The predicted octanol–water partition coefficient (Wildman–Crippen LogP) is 2.93. The van der Waals surface area contributed by atoms with E-state index in [2.05, 4.69) is 36.4 Å². The largest absolute Gasteiger partial charge is 0.392 e. The van der Waals surface area contributed by atoms with Gasteiger partial charge in [0.1, 0.15) is 0 Å². The zero-order valence-electron chi connectivity index (χ0n) is 8.56. The maximum Gasteiger partial charge on any atom is 0.0612 e. The first-order chi connectivity index (χ1) is 7.40. The molecule has 0 bridgehead atoms. The topological polar surface area (TPSA) is 20.2 Å². The number of benzene rings is 2. The fourth-order valence-corrected chi connectivity index (χ4v) is 1.66. The monoisotopic (exact) mass is 198 g/mol. The highest BCUT2D eigenvalue weighted by Gasteiger charge is 1.93. The third-order valence-electron chi connectivity index (χ3n) is 2.44. The molecule has 0 saturated heterocycles. The number of allylic oxidation sites excluding steroid dienone is 1.